The lowest BCUT2D eigenvalue weighted by molar-refractivity contribution is -0.137. The number of aliphatic hydroxyl groups is 1. The maximum Gasteiger partial charge on any atom is 0.303 e. The molecule has 2 rings (SSSR count). The van der Waals surface area contributed by atoms with E-state index in [4.69, 9.17) is 9.84 Å². The molecule has 0 aliphatic carbocycles. The Kier molecular flexibility index (Phi) is 8.93. The van der Waals surface area contributed by atoms with Gasteiger partial charge in [-0.1, -0.05) is 25.5 Å². The first-order valence-electron chi connectivity index (χ1n) is 10.0. The molecule has 2 aliphatic rings. The van der Waals surface area contributed by atoms with E-state index < -0.39 is 5.97 Å². The number of rotatable bonds is 13. The Labute approximate surface area is 151 Å². The van der Waals surface area contributed by atoms with Crippen molar-refractivity contribution in [3.8, 4) is 0 Å². The molecule has 2 saturated heterocycles. The normalized spacial score (nSPS) is 29.5. The molecule has 144 valence electrons. The lowest BCUT2D eigenvalue weighted by Crippen LogP contribution is -2.32. The molecule has 0 aromatic carbocycles. The molecule has 2 aliphatic heterocycles. The molecule has 2 bridgehead atoms. The quantitative estimate of drug-likeness (QED) is 0.350. The van der Waals surface area contributed by atoms with Gasteiger partial charge in [-0.05, 0) is 63.3 Å². The Balaban J connectivity index is 1.67. The summed E-state index contributed by atoms with van der Waals surface area (Å²) in [4.78, 5) is 10.5. The van der Waals surface area contributed by atoms with Crippen molar-refractivity contribution < 1.29 is 19.7 Å². The van der Waals surface area contributed by atoms with Gasteiger partial charge in [-0.15, -0.1) is 0 Å². The van der Waals surface area contributed by atoms with Crippen molar-refractivity contribution in [1.29, 1.82) is 0 Å². The van der Waals surface area contributed by atoms with Crippen molar-refractivity contribution in [2.24, 2.45) is 11.8 Å². The van der Waals surface area contributed by atoms with Gasteiger partial charge < -0.3 is 20.3 Å². The van der Waals surface area contributed by atoms with Gasteiger partial charge in [-0.2, -0.15) is 0 Å². The molecule has 2 heterocycles. The first-order chi connectivity index (χ1) is 12.1. The van der Waals surface area contributed by atoms with Crippen molar-refractivity contribution in [2.45, 2.75) is 83.0 Å². The number of aliphatic carboxylic acids is 1. The molecule has 2 fully saturated rings. The van der Waals surface area contributed by atoms with Crippen LogP contribution in [0.5, 0.6) is 0 Å². The second-order valence-corrected chi connectivity index (χ2v) is 7.55. The summed E-state index contributed by atoms with van der Waals surface area (Å²) in [5.74, 6) is 0.488. The topological polar surface area (TPSA) is 78.8 Å². The zero-order valence-corrected chi connectivity index (χ0v) is 15.5. The molecule has 0 spiro atoms. The highest BCUT2D eigenvalue weighted by molar-refractivity contribution is 5.66. The van der Waals surface area contributed by atoms with Crippen LogP contribution >= 0.6 is 0 Å². The van der Waals surface area contributed by atoms with Gasteiger partial charge in [0.25, 0.3) is 0 Å². The number of hydrogen-bond acceptors (Lipinski definition) is 4. The number of carbonyl (C=O) groups is 1. The zero-order chi connectivity index (χ0) is 18.1. The van der Waals surface area contributed by atoms with Crippen LogP contribution in [0.25, 0.3) is 0 Å². The fourth-order valence-electron chi connectivity index (χ4n) is 4.31. The van der Waals surface area contributed by atoms with Crippen LogP contribution in [0, 0.1) is 11.8 Å². The van der Waals surface area contributed by atoms with Crippen LogP contribution in [0.4, 0.5) is 0 Å². The Morgan fingerprint density at radius 3 is 2.76 bits per heavy atom. The number of aliphatic hydroxyl groups excluding tert-OH is 1. The molecule has 1 unspecified atom stereocenters. The van der Waals surface area contributed by atoms with Gasteiger partial charge >= 0.3 is 5.97 Å². The van der Waals surface area contributed by atoms with Gasteiger partial charge in [-0.3, -0.25) is 4.79 Å². The van der Waals surface area contributed by atoms with E-state index in [2.05, 4.69) is 24.4 Å². The average Bonchev–Trinajstić information content (AvgIpc) is 3.16. The highest BCUT2D eigenvalue weighted by Gasteiger charge is 2.47. The molecule has 0 amide bonds. The highest BCUT2D eigenvalue weighted by Crippen LogP contribution is 2.46. The summed E-state index contributed by atoms with van der Waals surface area (Å²) < 4.78 is 6.14. The summed E-state index contributed by atoms with van der Waals surface area (Å²) in [6.45, 7) is 3.72. The van der Waals surface area contributed by atoms with E-state index in [-0.39, 0.29) is 12.5 Å². The first kappa shape index (κ1) is 20.4. The van der Waals surface area contributed by atoms with Crippen LogP contribution in [-0.4, -0.2) is 47.6 Å². The first-order valence-corrected chi connectivity index (χ1v) is 10.0. The number of fused-ring (bicyclic) bond motifs is 2. The molecule has 0 aromatic heterocycles. The standard InChI is InChI=1S/C20H35NO4/c1-2-7-15(22)14-21-13-12-17-16(18-10-11-19(17)25-18)8-5-3-4-6-9-20(23)24/h3,5,15-19,21-22H,2,4,6-14H2,1H3,(H,23,24)/b5-3-/t15?,16-,17+,18-,19+/m1/s1. The molecule has 5 heteroatoms. The summed E-state index contributed by atoms with van der Waals surface area (Å²) in [5.41, 5.74) is 0. The highest BCUT2D eigenvalue weighted by atomic mass is 16.5. The number of hydrogen-bond donors (Lipinski definition) is 3. The maximum atomic E-state index is 10.5. The Bertz CT molecular complexity index is 426. The summed E-state index contributed by atoms with van der Waals surface area (Å²) in [5, 5.41) is 21.8. The third kappa shape index (κ3) is 6.72. The third-order valence-corrected chi connectivity index (χ3v) is 5.58. The van der Waals surface area contributed by atoms with E-state index in [1.165, 1.54) is 12.8 Å². The molecular formula is C20H35NO4. The molecule has 5 nitrogen and oxygen atoms in total. The van der Waals surface area contributed by atoms with Crippen LogP contribution < -0.4 is 5.32 Å². The lowest BCUT2D eigenvalue weighted by Gasteiger charge is -2.27. The van der Waals surface area contributed by atoms with Crippen LogP contribution in [-0.2, 0) is 9.53 Å². The summed E-state index contributed by atoms with van der Waals surface area (Å²) >= 11 is 0. The van der Waals surface area contributed by atoms with Crippen molar-refractivity contribution in [3.05, 3.63) is 12.2 Å². The van der Waals surface area contributed by atoms with E-state index in [9.17, 15) is 9.90 Å². The van der Waals surface area contributed by atoms with Gasteiger partial charge in [0.05, 0.1) is 18.3 Å². The molecule has 3 N–H and O–H groups in total. The third-order valence-electron chi connectivity index (χ3n) is 5.58. The minimum Gasteiger partial charge on any atom is -0.481 e. The van der Waals surface area contributed by atoms with Crippen molar-refractivity contribution in [3.63, 3.8) is 0 Å². The maximum absolute atomic E-state index is 10.5. The van der Waals surface area contributed by atoms with E-state index in [0.29, 0.717) is 37.0 Å². The summed E-state index contributed by atoms with van der Waals surface area (Å²) in [6, 6.07) is 0. The Morgan fingerprint density at radius 1 is 1.28 bits per heavy atom. The number of nitrogens with one attached hydrogen (secondary N) is 1. The molecule has 25 heavy (non-hydrogen) atoms. The van der Waals surface area contributed by atoms with E-state index in [1.54, 1.807) is 0 Å². The van der Waals surface area contributed by atoms with Gasteiger partial charge in [0.1, 0.15) is 0 Å². The smallest absolute Gasteiger partial charge is 0.303 e. The number of carboxylic acids is 1. The second kappa shape index (κ2) is 10.9. The zero-order valence-electron chi connectivity index (χ0n) is 15.5. The van der Waals surface area contributed by atoms with Crippen molar-refractivity contribution in [1.82, 2.24) is 5.32 Å². The lowest BCUT2D eigenvalue weighted by atomic mass is 9.76. The molecular weight excluding hydrogens is 318 g/mol. The minimum atomic E-state index is -0.716. The van der Waals surface area contributed by atoms with Gasteiger partial charge in [0.2, 0.25) is 0 Å². The van der Waals surface area contributed by atoms with Crippen LogP contribution in [0.2, 0.25) is 0 Å². The Hall–Kier alpha value is -0.910. The predicted molar refractivity (Wildman–Crippen MR) is 98.5 cm³/mol. The summed E-state index contributed by atoms with van der Waals surface area (Å²) in [6.07, 6.45) is 13.1. The number of carboxylic acid groups (broad SMARTS) is 1. The van der Waals surface area contributed by atoms with Crippen molar-refractivity contribution in [2.75, 3.05) is 13.1 Å². The fraction of sp³-hybridized carbons (Fsp3) is 0.850. The number of allylic oxidation sites excluding steroid dienone is 2. The van der Waals surface area contributed by atoms with Crippen LogP contribution in [0.1, 0.15) is 64.7 Å². The average molecular weight is 354 g/mol. The molecule has 0 saturated carbocycles. The van der Waals surface area contributed by atoms with E-state index >= 15 is 0 Å². The largest absolute Gasteiger partial charge is 0.481 e. The van der Waals surface area contributed by atoms with E-state index in [1.807, 2.05) is 0 Å². The van der Waals surface area contributed by atoms with Crippen LogP contribution in [0.15, 0.2) is 12.2 Å². The number of unbranched alkanes of at least 4 members (excludes halogenated alkanes) is 1. The second-order valence-electron chi connectivity index (χ2n) is 7.55. The minimum absolute atomic E-state index is 0.231. The van der Waals surface area contributed by atoms with Gasteiger partial charge in [-0.25, -0.2) is 0 Å². The van der Waals surface area contributed by atoms with Gasteiger partial charge in [0.15, 0.2) is 0 Å². The Morgan fingerprint density at radius 2 is 2.04 bits per heavy atom. The number of ether oxygens (including phenoxy) is 1. The molecule has 0 aromatic rings. The monoisotopic (exact) mass is 353 g/mol. The molecule has 5 atom stereocenters. The van der Waals surface area contributed by atoms with Gasteiger partial charge in [0, 0.05) is 13.0 Å². The van der Waals surface area contributed by atoms with Crippen molar-refractivity contribution >= 4 is 5.97 Å². The van der Waals surface area contributed by atoms with E-state index in [0.717, 1.165) is 38.6 Å². The summed E-state index contributed by atoms with van der Waals surface area (Å²) in [7, 11) is 0. The fourth-order valence-corrected chi connectivity index (χ4v) is 4.31. The SMILES string of the molecule is CCCC(O)CNCC[C@H]1[C@@H](C/C=C\CCCC(=O)O)[C@H]2CC[C@@H]1O2. The predicted octanol–water partition coefficient (Wildman–Crippen LogP) is 3.12. The molecule has 0 radical (unpaired) electrons. The van der Waals surface area contributed by atoms with Crippen LogP contribution in [0.3, 0.4) is 0 Å².